The second-order valence-electron chi connectivity index (χ2n) is 5.38. The van der Waals surface area contributed by atoms with Gasteiger partial charge >= 0.3 is 0 Å². The van der Waals surface area contributed by atoms with Crippen molar-refractivity contribution in [2.24, 2.45) is 5.73 Å². The summed E-state index contributed by atoms with van der Waals surface area (Å²) in [4.78, 5) is 2.30. The fourth-order valence-corrected chi connectivity index (χ4v) is 2.77. The molecule has 1 saturated heterocycles. The van der Waals surface area contributed by atoms with Gasteiger partial charge in [-0.1, -0.05) is 12.1 Å². The summed E-state index contributed by atoms with van der Waals surface area (Å²) >= 11 is 0. The topological polar surface area (TPSA) is 38.5 Å². The molecule has 0 aromatic heterocycles. The number of nitrogens with two attached hydrogens (primary N) is 1. The highest BCUT2D eigenvalue weighted by molar-refractivity contribution is 5.16. The van der Waals surface area contributed by atoms with Gasteiger partial charge < -0.3 is 10.5 Å². The van der Waals surface area contributed by atoms with Gasteiger partial charge in [0.2, 0.25) is 0 Å². The number of hydrogen-bond acceptors (Lipinski definition) is 3. The van der Waals surface area contributed by atoms with Crippen molar-refractivity contribution in [3.63, 3.8) is 0 Å². The molecule has 1 aromatic rings. The molecule has 1 aromatic carbocycles. The molecule has 106 valence electrons. The molecule has 1 unspecified atom stereocenters. The predicted molar refractivity (Wildman–Crippen MR) is 74.3 cm³/mol. The van der Waals surface area contributed by atoms with E-state index in [0.717, 1.165) is 44.6 Å². The number of ether oxygens (including phenoxy) is 1. The van der Waals surface area contributed by atoms with Gasteiger partial charge in [0.05, 0.1) is 0 Å². The summed E-state index contributed by atoms with van der Waals surface area (Å²) in [6.45, 7) is 3.02. The Balaban J connectivity index is 2.07. The van der Waals surface area contributed by atoms with Crippen molar-refractivity contribution in [2.75, 3.05) is 26.8 Å². The molecule has 4 heteroatoms. The van der Waals surface area contributed by atoms with Crippen LogP contribution in [0.1, 0.15) is 24.8 Å². The molecule has 1 fully saturated rings. The van der Waals surface area contributed by atoms with E-state index < -0.39 is 0 Å². The molecule has 0 radical (unpaired) electrons. The van der Waals surface area contributed by atoms with Crippen LogP contribution in [0.25, 0.3) is 0 Å². The van der Waals surface area contributed by atoms with Crippen LogP contribution in [-0.4, -0.2) is 37.2 Å². The van der Waals surface area contributed by atoms with E-state index in [0.29, 0.717) is 6.54 Å². The molecule has 0 aliphatic carbocycles. The molecule has 3 nitrogen and oxygen atoms in total. The molecule has 2 rings (SSSR count). The summed E-state index contributed by atoms with van der Waals surface area (Å²) in [5, 5.41) is 0. The first-order chi connectivity index (χ1) is 9.16. The maximum atomic E-state index is 12.9. The van der Waals surface area contributed by atoms with E-state index in [1.54, 1.807) is 0 Å². The van der Waals surface area contributed by atoms with Gasteiger partial charge in [0.25, 0.3) is 0 Å². The first-order valence-corrected chi connectivity index (χ1v) is 6.90. The highest BCUT2D eigenvalue weighted by Gasteiger charge is 2.33. The Bertz CT molecular complexity index is 386. The summed E-state index contributed by atoms with van der Waals surface area (Å²) in [7, 11) is 2.10. The lowest BCUT2D eigenvalue weighted by molar-refractivity contribution is 0.0835. The second kappa shape index (κ2) is 6.46. The van der Waals surface area contributed by atoms with Gasteiger partial charge in [-0.25, -0.2) is 4.39 Å². The molecule has 1 aliphatic heterocycles. The normalized spacial score (nSPS) is 24.4. The maximum absolute atomic E-state index is 12.9. The molecule has 0 bridgehead atoms. The zero-order valence-electron chi connectivity index (χ0n) is 11.6. The minimum Gasteiger partial charge on any atom is -0.381 e. The molecule has 2 N–H and O–H groups in total. The lowest BCUT2D eigenvalue weighted by Crippen LogP contribution is -2.51. The molecular weight excluding hydrogens is 243 g/mol. The number of benzene rings is 1. The molecule has 0 spiro atoms. The summed E-state index contributed by atoms with van der Waals surface area (Å²) in [6, 6.07) is 6.69. The van der Waals surface area contributed by atoms with Crippen LogP contribution in [0.4, 0.5) is 4.39 Å². The van der Waals surface area contributed by atoms with E-state index in [1.165, 1.54) is 12.1 Å². The lowest BCUT2D eigenvalue weighted by atomic mass is 9.88. The number of rotatable bonds is 4. The van der Waals surface area contributed by atoms with E-state index in [2.05, 4.69) is 11.9 Å². The van der Waals surface area contributed by atoms with Gasteiger partial charge in [-0.2, -0.15) is 0 Å². The SMILES string of the molecule is CN(Cc1ccc(F)cc1)C1(CN)CCCOCC1. The highest BCUT2D eigenvalue weighted by atomic mass is 19.1. The number of halogens is 1. The van der Waals surface area contributed by atoms with Crippen LogP contribution in [0.3, 0.4) is 0 Å². The molecule has 0 saturated carbocycles. The average Bonchev–Trinajstić information content (AvgIpc) is 2.67. The number of likely N-dealkylation sites (N-methyl/N-ethyl adjacent to an activating group) is 1. The van der Waals surface area contributed by atoms with Gasteiger partial charge in [-0.3, -0.25) is 4.90 Å². The van der Waals surface area contributed by atoms with Crippen molar-refractivity contribution in [3.8, 4) is 0 Å². The maximum Gasteiger partial charge on any atom is 0.123 e. The van der Waals surface area contributed by atoms with Crippen molar-refractivity contribution in [2.45, 2.75) is 31.3 Å². The third kappa shape index (κ3) is 3.53. The fraction of sp³-hybridized carbons (Fsp3) is 0.600. The quantitative estimate of drug-likeness (QED) is 0.907. The summed E-state index contributed by atoms with van der Waals surface area (Å²) < 4.78 is 18.5. The molecule has 1 heterocycles. The minimum absolute atomic E-state index is 0.00485. The van der Waals surface area contributed by atoms with Crippen LogP contribution in [0.15, 0.2) is 24.3 Å². The average molecular weight is 266 g/mol. The van der Waals surface area contributed by atoms with E-state index in [9.17, 15) is 4.39 Å². The van der Waals surface area contributed by atoms with Crippen LogP contribution in [0, 0.1) is 5.82 Å². The summed E-state index contributed by atoms with van der Waals surface area (Å²) in [5.41, 5.74) is 7.15. The first-order valence-electron chi connectivity index (χ1n) is 6.90. The van der Waals surface area contributed by atoms with Crippen LogP contribution in [0.5, 0.6) is 0 Å². The molecule has 0 amide bonds. The Hall–Kier alpha value is -0.970. The van der Waals surface area contributed by atoms with E-state index in [4.69, 9.17) is 10.5 Å². The summed E-state index contributed by atoms with van der Waals surface area (Å²) in [5.74, 6) is -0.192. The van der Waals surface area contributed by atoms with Crippen molar-refractivity contribution in [3.05, 3.63) is 35.6 Å². The monoisotopic (exact) mass is 266 g/mol. The molecule has 19 heavy (non-hydrogen) atoms. The van der Waals surface area contributed by atoms with Crippen molar-refractivity contribution in [1.29, 1.82) is 0 Å². The van der Waals surface area contributed by atoms with E-state index in [1.807, 2.05) is 12.1 Å². The van der Waals surface area contributed by atoms with Crippen LogP contribution in [0.2, 0.25) is 0 Å². The van der Waals surface area contributed by atoms with Gasteiger partial charge in [0.1, 0.15) is 5.82 Å². The fourth-order valence-electron chi connectivity index (χ4n) is 2.77. The van der Waals surface area contributed by atoms with Gasteiger partial charge in [0, 0.05) is 31.8 Å². The van der Waals surface area contributed by atoms with Crippen LogP contribution >= 0.6 is 0 Å². The van der Waals surface area contributed by atoms with Crippen LogP contribution in [-0.2, 0) is 11.3 Å². The number of nitrogens with zero attached hydrogens (tertiary/aromatic N) is 1. The largest absolute Gasteiger partial charge is 0.381 e. The Morgan fingerprint density at radius 2 is 2.00 bits per heavy atom. The standard InChI is InChI=1S/C15H23FN2O/c1-18(11-13-3-5-14(16)6-4-13)15(12-17)7-2-9-19-10-8-15/h3-6H,2,7-12,17H2,1H3. The summed E-state index contributed by atoms with van der Waals surface area (Å²) in [6.07, 6.45) is 3.06. The van der Waals surface area contributed by atoms with E-state index in [-0.39, 0.29) is 11.4 Å². The Kier molecular flexibility index (Phi) is 4.91. The second-order valence-corrected chi connectivity index (χ2v) is 5.38. The smallest absolute Gasteiger partial charge is 0.123 e. The van der Waals surface area contributed by atoms with Gasteiger partial charge in [-0.05, 0) is 44.0 Å². The number of hydrogen-bond donors (Lipinski definition) is 1. The molecular formula is C15H23FN2O. The Morgan fingerprint density at radius 1 is 1.26 bits per heavy atom. The van der Waals surface area contributed by atoms with E-state index >= 15 is 0 Å². The van der Waals surface area contributed by atoms with Crippen molar-refractivity contribution < 1.29 is 9.13 Å². The zero-order chi connectivity index (χ0) is 13.7. The first kappa shape index (κ1) is 14.4. The molecule has 1 atom stereocenters. The third-order valence-corrected chi connectivity index (χ3v) is 4.17. The lowest BCUT2D eigenvalue weighted by Gasteiger charge is -2.40. The minimum atomic E-state index is -0.192. The zero-order valence-corrected chi connectivity index (χ0v) is 11.6. The Morgan fingerprint density at radius 3 is 2.68 bits per heavy atom. The third-order valence-electron chi connectivity index (χ3n) is 4.17. The van der Waals surface area contributed by atoms with Crippen molar-refractivity contribution >= 4 is 0 Å². The molecule has 1 aliphatic rings. The Labute approximate surface area is 114 Å². The van der Waals surface area contributed by atoms with Crippen LogP contribution < -0.4 is 5.73 Å². The van der Waals surface area contributed by atoms with Crippen molar-refractivity contribution in [1.82, 2.24) is 4.90 Å². The highest BCUT2D eigenvalue weighted by Crippen LogP contribution is 2.27. The van der Waals surface area contributed by atoms with Gasteiger partial charge in [0.15, 0.2) is 0 Å². The predicted octanol–water partition coefficient (Wildman–Crippen LogP) is 2.16. The van der Waals surface area contributed by atoms with Gasteiger partial charge in [-0.15, -0.1) is 0 Å².